The summed E-state index contributed by atoms with van der Waals surface area (Å²) < 4.78 is 0. The van der Waals surface area contributed by atoms with Crippen molar-refractivity contribution in [3.63, 3.8) is 0 Å². The molecule has 0 spiro atoms. The molecule has 4 nitrogen and oxygen atoms in total. The molecule has 2 rings (SSSR count). The molecule has 0 aliphatic heterocycles. The first-order chi connectivity index (χ1) is 9.61. The maximum atomic E-state index is 12.1. The van der Waals surface area contributed by atoms with E-state index in [0.717, 1.165) is 5.56 Å². The second kappa shape index (κ2) is 5.81. The fraction of sp³-hybridized carbons (Fsp3) is 0.0625. The van der Waals surface area contributed by atoms with Crippen molar-refractivity contribution in [1.29, 1.82) is 5.26 Å². The minimum absolute atomic E-state index is 0.205. The molecule has 4 heteroatoms. The molecule has 1 N–H and O–H groups in total. The first kappa shape index (κ1) is 13.5. The maximum absolute atomic E-state index is 12.1. The van der Waals surface area contributed by atoms with E-state index in [-0.39, 0.29) is 11.1 Å². The third-order valence-corrected chi connectivity index (χ3v) is 2.80. The lowest BCUT2D eigenvalue weighted by molar-refractivity contribution is 0.0849. The Morgan fingerprint density at radius 3 is 2.40 bits per heavy atom. The molecule has 2 aromatic carbocycles. The Morgan fingerprint density at radius 1 is 1.05 bits per heavy atom. The highest BCUT2D eigenvalue weighted by molar-refractivity contribution is 6.11. The summed E-state index contributed by atoms with van der Waals surface area (Å²) in [6.07, 6.45) is 0. The van der Waals surface area contributed by atoms with Gasteiger partial charge in [-0.3, -0.25) is 14.9 Å². The van der Waals surface area contributed by atoms with Crippen LogP contribution in [0.5, 0.6) is 0 Å². The number of carbonyl (C=O) groups excluding carboxylic acids is 2. The highest BCUT2D eigenvalue weighted by Crippen LogP contribution is 2.11. The van der Waals surface area contributed by atoms with Crippen LogP contribution in [0, 0.1) is 18.3 Å². The van der Waals surface area contributed by atoms with Gasteiger partial charge in [0, 0.05) is 5.56 Å². The average Bonchev–Trinajstić information content (AvgIpc) is 2.48. The third-order valence-electron chi connectivity index (χ3n) is 2.80. The number of nitriles is 1. The lowest BCUT2D eigenvalue weighted by Gasteiger charge is -2.06. The topological polar surface area (TPSA) is 70.0 Å². The standard InChI is InChI=1S/C16H12N2O2/c1-11-7-8-13(10-17)14(9-11)16(20)18-15(19)12-5-3-2-4-6-12/h2-9H,1H3,(H,18,19,20). The molecule has 0 heterocycles. The van der Waals surface area contributed by atoms with Gasteiger partial charge in [0.25, 0.3) is 11.8 Å². The van der Waals surface area contributed by atoms with Crippen LogP contribution in [0.1, 0.15) is 31.8 Å². The molecular weight excluding hydrogens is 252 g/mol. The Morgan fingerprint density at radius 2 is 1.75 bits per heavy atom. The summed E-state index contributed by atoms with van der Waals surface area (Å²) in [6, 6.07) is 15.3. The molecule has 0 saturated heterocycles. The number of imide groups is 1. The molecule has 2 aromatic rings. The number of rotatable bonds is 2. The van der Waals surface area contributed by atoms with Crippen molar-refractivity contribution in [2.75, 3.05) is 0 Å². The molecule has 0 aliphatic rings. The van der Waals surface area contributed by atoms with E-state index in [9.17, 15) is 9.59 Å². The fourth-order valence-corrected chi connectivity index (χ4v) is 1.78. The van der Waals surface area contributed by atoms with E-state index in [0.29, 0.717) is 5.56 Å². The molecule has 0 bridgehead atoms. The van der Waals surface area contributed by atoms with Crippen LogP contribution in [0.4, 0.5) is 0 Å². The van der Waals surface area contributed by atoms with E-state index in [1.165, 1.54) is 0 Å². The van der Waals surface area contributed by atoms with Crippen LogP contribution in [0.15, 0.2) is 48.5 Å². The van der Waals surface area contributed by atoms with Gasteiger partial charge in [0.2, 0.25) is 0 Å². The average molecular weight is 264 g/mol. The quantitative estimate of drug-likeness (QED) is 0.847. The molecule has 0 radical (unpaired) electrons. The molecule has 0 saturated carbocycles. The van der Waals surface area contributed by atoms with Crippen LogP contribution >= 0.6 is 0 Å². The van der Waals surface area contributed by atoms with Crippen molar-refractivity contribution < 1.29 is 9.59 Å². The van der Waals surface area contributed by atoms with Crippen molar-refractivity contribution in [2.45, 2.75) is 6.92 Å². The van der Waals surface area contributed by atoms with E-state index in [4.69, 9.17) is 5.26 Å². The molecule has 2 amide bonds. The number of nitrogens with one attached hydrogen (secondary N) is 1. The van der Waals surface area contributed by atoms with Crippen molar-refractivity contribution in [2.24, 2.45) is 0 Å². The van der Waals surface area contributed by atoms with Gasteiger partial charge in [-0.25, -0.2) is 0 Å². The van der Waals surface area contributed by atoms with Gasteiger partial charge in [0.1, 0.15) is 0 Å². The summed E-state index contributed by atoms with van der Waals surface area (Å²) in [6.45, 7) is 1.82. The van der Waals surface area contributed by atoms with Gasteiger partial charge in [-0.15, -0.1) is 0 Å². The van der Waals surface area contributed by atoms with Gasteiger partial charge in [0.15, 0.2) is 0 Å². The van der Waals surface area contributed by atoms with Crippen LogP contribution in [-0.2, 0) is 0 Å². The monoisotopic (exact) mass is 264 g/mol. The number of carbonyl (C=O) groups is 2. The fourth-order valence-electron chi connectivity index (χ4n) is 1.78. The van der Waals surface area contributed by atoms with Crippen LogP contribution in [0.2, 0.25) is 0 Å². The maximum Gasteiger partial charge on any atom is 0.259 e. The summed E-state index contributed by atoms with van der Waals surface area (Å²) in [7, 11) is 0. The highest BCUT2D eigenvalue weighted by atomic mass is 16.2. The highest BCUT2D eigenvalue weighted by Gasteiger charge is 2.15. The zero-order valence-corrected chi connectivity index (χ0v) is 10.9. The molecule has 0 aromatic heterocycles. The molecule has 0 unspecified atom stereocenters. The van der Waals surface area contributed by atoms with Crippen LogP contribution < -0.4 is 5.32 Å². The van der Waals surface area contributed by atoms with Crippen molar-refractivity contribution in [1.82, 2.24) is 5.32 Å². The van der Waals surface area contributed by atoms with Crippen molar-refractivity contribution >= 4 is 11.8 Å². The summed E-state index contributed by atoms with van der Waals surface area (Å²) in [5.41, 5.74) is 1.69. The van der Waals surface area contributed by atoms with Crippen molar-refractivity contribution in [3.05, 3.63) is 70.8 Å². The first-order valence-electron chi connectivity index (χ1n) is 6.03. The van der Waals surface area contributed by atoms with Crippen molar-refractivity contribution in [3.8, 4) is 6.07 Å². The van der Waals surface area contributed by atoms with Crippen LogP contribution in [-0.4, -0.2) is 11.8 Å². The predicted molar refractivity (Wildman–Crippen MR) is 74.1 cm³/mol. The summed E-state index contributed by atoms with van der Waals surface area (Å²) in [4.78, 5) is 24.0. The molecular formula is C16H12N2O2. The molecule has 98 valence electrons. The summed E-state index contributed by atoms with van der Waals surface area (Å²) in [5, 5.41) is 11.3. The van der Waals surface area contributed by atoms with Gasteiger partial charge in [-0.05, 0) is 31.2 Å². The SMILES string of the molecule is Cc1ccc(C#N)c(C(=O)NC(=O)c2ccccc2)c1. The van der Waals surface area contributed by atoms with Crippen LogP contribution in [0.25, 0.3) is 0 Å². The van der Waals surface area contributed by atoms with Gasteiger partial charge < -0.3 is 0 Å². The second-order valence-corrected chi connectivity index (χ2v) is 4.31. The number of hydrogen-bond donors (Lipinski definition) is 1. The van der Waals surface area contributed by atoms with E-state index < -0.39 is 11.8 Å². The lowest BCUT2D eigenvalue weighted by Crippen LogP contribution is -2.31. The van der Waals surface area contributed by atoms with E-state index in [1.807, 2.05) is 13.0 Å². The minimum atomic E-state index is -0.570. The minimum Gasteiger partial charge on any atom is -0.288 e. The van der Waals surface area contributed by atoms with Crippen LogP contribution in [0.3, 0.4) is 0 Å². The number of benzene rings is 2. The molecule has 0 fully saturated rings. The largest absolute Gasteiger partial charge is 0.288 e. The van der Waals surface area contributed by atoms with Gasteiger partial charge in [0.05, 0.1) is 17.2 Å². The Kier molecular flexibility index (Phi) is 3.92. The first-order valence-corrected chi connectivity index (χ1v) is 6.03. The zero-order chi connectivity index (χ0) is 14.5. The lowest BCUT2D eigenvalue weighted by atomic mass is 10.0. The summed E-state index contributed by atoms with van der Waals surface area (Å²) in [5.74, 6) is -1.06. The molecule has 0 aliphatic carbocycles. The Balaban J connectivity index is 2.23. The zero-order valence-electron chi connectivity index (χ0n) is 10.9. The summed E-state index contributed by atoms with van der Waals surface area (Å²) >= 11 is 0. The normalized spacial score (nSPS) is 9.60. The number of hydrogen-bond acceptors (Lipinski definition) is 3. The predicted octanol–water partition coefficient (Wildman–Crippen LogP) is 2.44. The van der Waals surface area contributed by atoms with E-state index in [1.54, 1.807) is 48.5 Å². The van der Waals surface area contributed by atoms with E-state index >= 15 is 0 Å². The van der Waals surface area contributed by atoms with E-state index in [2.05, 4.69) is 5.32 Å². The second-order valence-electron chi connectivity index (χ2n) is 4.31. The number of amides is 2. The molecule has 20 heavy (non-hydrogen) atoms. The van der Waals surface area contributed by atoms with Gasteiger partial charge in [-0.2, -0.15) is 5.26 Å². The Hall–Kier alpha value is -2.93. The smallest absolute Gasteiger partial charge is 0.259 e. The number of nitrogens with zero attached hydrogens (tertiary/aromatic N) is 1. The van der Waals surface area contributed by atoms with Gasteiger partial charge >= 0.3 is 0 Å². The molecule has 0 atom stereocenters. The number of aryl methyl sites for hydroxylation is 1. The van der Waals surface area contributed by atoms with Gasteiger partial charge in [-0.1, -0.05) is 29.8 Å². The Bertz CT molecular complexity index is 700. The third kappa shape index (κ3) is 2.90. The Labute approximate surface area is 116 Å².